The van der Waals surface area contributed by atoms with Gasteiger partial charge in [-0.05, 0) is 29.5 Å². The van der Waals surface area contributed by atoms with Gasteiger partial charge in [0.1, 0.15) is 0 Å². The van der Waals surface area contributed by atoms with Crippen LogP contribution < -0.4 is 19.5 Å². The minimum Gasteiger partial charge on any atom is -0.493 e. The highest BCUT2D eigenvalue weighted by Crippen LogP contribution is 2.45. The summed E-state index contributed by atoms with van der Waals surface area (Å²) in [5.74, 6) is 2.04. The Balaban J connectivity index is 2.12. The summed E-state index contributed by atoms with van der Waals surface area (Å²) >= 11 is 0. The predicted molar refractivity (Wildman–Crippen MR) is 75.1 cm³/mol. The van der Waals surface area contributed by atoms with Crippen molar-refractivity contribution in [3.05, 3.63) is 17.7 Å². The molecule has 1 N–H and O–H groups in total. The van der Waals surface area contributed by atoms with Crippen LogP contribution in [0.3, 0.4) is 0 Å². The third-order valence-corrected chi connectivity index (χ3v) is 3.79. The average Bonchev–Trinajstić information content (AvgIpc) is 3.02. The van der Waals surface area contributed by atoms with Crippen LogP contribution in [0.25, 0.3) is 0 Å². The van der Waals surface area contributed by atoms with Crippen molar-refractivity contribution in [1.82, 2.24) is 5.32 Å². The monoisotopic (exact) mass is 265 g/mol. The van der Waals surface area contributed by atoms with E-state index in [9.17, 15) is 0 Å². The first-order valence-corrected chi connectivity index (χ1v) is 6.54. The molecule has 19 heavy (non-hydrogen) atoms. The quantitative estimate of drug-likeness (QED) is 0.858. The summed E-state index contributed by atoms with van der Waals surface area (Å²) in [7, 11) is 4.89. The summed E-state index contributed by atoms with van der Waals surface area (Å²) in [6.45, 7) is 5.37. The largest absolute Gasteiger partial charge is 0.493 e. The van der Waals surface area contributed by atoms with Crippen molar-refractivity contribution in [2.24, 2.45) is 5.41 Å². The van der Waals surface area contributed by atoms with E-state index >= 15 is 0 Å². The Kier molecular flexibility index (Phi) is 3.90. The molecule has 1 saturated carbocycles. The maximum absolute atomic E-state index is 5.35. The van der Waals surface area contributed by atoms with Crippen molar-refractivity contribution >= 4 is 0 Å². The molecule has 1 aromatic carbocycles. The molecule has 1 aliphatic carbocycles. The third-order valence-electron chi connectivity index (χ3n) is 3.79. The van der Waals surface area contributed by atoms with Gasteiger partial charge in [-0.1, -0.05) is 13.8 Å². The molecule has 1 aliphatic rings. The third kappa shape index (κ3) is 2.95. The van der Waals surface area contributed by atoms with Crippen LogP contribution >= 0.6 is 0 Å². The van der Waals surface area contributed by atoms with Crippen LogP contribution in [-0.4, -0.2) is 27.4 Å². The molecule has 4 heteroatoms. The molecule has 0 bridgehead atoms. The van der Waals surface area contributed by atoms with Crippen LogP contribution in [0.5, 0.6) is 17.2 Å². The van der Waals surface area contributed by atoms with Crippen molar-refractivity contribution in [3.8, 4) is 17.2 Å². The summed E-state index contributed by atoms with van der Waals surface area (Å²) in [5, 5.41) is 3.55. The molecule has 1 aromatic rings. The molecule has 1 unspecified atom stereocenters. The van der Waals surface area contributed by atoms with Crippen LogP contribution in [0.15, 0.2) is 12.1 Å². The Morgan fingerprint density at radius 2 is 1.63 bits per heavy atom. The molecule has 1 fully saturated rings. The van der Waals surface area contributed by atoms with E-state index in [-0.39, 0.29) is 0 Å². The van der Waals surface area contributed by atoms with Crippen molar-refractivity contribution in [1.29, 1.82) is 0 Å². The van der Waals surface area contributed by atoms with E-state index in [1.807, 2.05) is 12.1 Å². The summed E-state index contributed by atoms with van der Waals surface area (Å²) in [6.07, 6.45) is 1.23. The summed E-state index contributed by atoms with van der Waals surface area (Å²) < 4.78 is 16.0. The lowest BCUT2D eigenvalue weighted by Crippen LogP contribution is -2.20. The smallest absolute Gasteiger partial charge is 0.203 e. The van der Waals surface area contributed by atoms with E-state index in [0.717, 1.165) is 12.1 Å². The van der Waals surface area contributed by atoms with Gasteiger partial charge in [0.2, 0.25) is 5.75 Å². The Hall–Kier alpha value is -1.42. The SMILES string of the molecule is COc1cc(CNC2CC2(C)C)cc(OC)c1OC. The molecule has 2 rings (SSSR count). The highest BCUT2D eigenvalue weighted by atomic mass is 16.5. The Morgan fingerprint density at radius 1 is 1.11 bits per heavy atom. The first kappa shape index (κ1) is 14.0. The van der Waals surface area contributed by atoms with Crippen LogP contribution in [0.1, 0.15) is 25.8 Å². The molecule has 0 aliphatic heterocycles. The molecule has 0 amide bonds. The van der Waals surface area contributed by atoms with Crippen LogP contribution in [-0.2, 0) is 6.54 Å². The van der Waals surface area contributed by atoms with Gasteiger partial charge in [0.15, 0.2) is 11.5 Å². The van der Waals surface area contributed by atoms with E-state index in [1.165, 1.54) is 6.42 Å². The topological polar surface area (TPSA) is 39.7 Å². The van der Waals surface area contributed by atoms with Gasteiger partial charge in [0.05, 0.1) is 21.3 Å². The fraction of sp³-hybridized carbons (Fsp3) is 0.600. The van der Waals surface area contributed by atoms with E-state index in [4.69, 9.17) is 14.2 Å². The Bertz CT molecular complexity index is 432. The molecular formula is C15H23NO3. The van der Waals surface area contributed by atoms with E-state index < -0.39 is 0 Å². The molecule has 0 saturated heterocycles. The summed E-state index contributed by atoms with van der Waals surface area (Å²) in [5.41, 5.74) is 1.57. The average molecular weight is 265 g/mol. The number of nitrogens with one attached hydrogen (secondary N) is 1. The summed E-state index contributed by atoms with van der Waals surface area (Å²) in [6, 6.07) is 4.58. The Labute approximate surface area is 115 Å². The molecule has 0 aromatic heterocycles. The maximum atomic E-state index is 5.35. The number of hydrogen-bond acceptors (Lipinski definition) is 4. The van der Waals surface area contributed by atoms with Gasteiger partial charge in [0.25, 0.3) is 0 Å². The minimum atomic E-state index is 0.431. The van der Waals surface area contributed by atoms with Crippen molar-refractivity contribution in [2.45, 2.75) is 32.9 Å². The van der Waals surface area contributed by atoms with Crippen molar-refractivity contribution < 1.29 is 14.2 Å². The van der Waals surface area contributed by atoms with E-state index in [1.54, 1.807) is 21.3 Å². The van der Waals surface area contributed by atoms with E-state index in [0.29, 0.717) is 28.7 Å². The molecular weight excluding hydrogens is 242 g/mol. The predicted octanol–water partition coefficient (Wildman–Crippen LogP) is 2.60. The number of benzene rings is 1. The second-order valence-electron chi connectivity index (χ2n) is 5.66. The normalized spacial score (nSPS) is 19.9. The fourth-order valence-corrected chi connectivity index (χ4v) is 2.29. The van der Waals surface area contributed by atoms with Gasteiger partial charge in [-0.15, -0.1) is 0 Å². The highest BCUT2D eigenvalue weighted by Gasteiger charge is 2.44. The standard InChI is InChI=1S/C15H23NO3/c1-15(2)8-13(15)16-9-10-6-11(17-3)14(19-5)12(7-10)18-4/h6-7,13,16H,8-9H2,1-5H3. The second-order valence-corrected chi connectivity index (χ2v) is 5.66. The van der Waals surface area contributed by atoms with E-state index in [2.05, 4.69) is 19.2 Å². The molecule has 1 atom stereocenters. The fourth-order valence-electron chi connectivity index (χ4n) is 2.29. The molecule has 4 nitrogen and oxygen atoms in total. The van der Waals surface area contributed by atoms with Gasteiger partial charge in [-0.25, -0.2) is 0 Å². The van der Waals surface area contributed by atoms with Gasteiger partial charge in [-0.3, -0.25) is 0 Å². The zero-order valence-electron chi connectivity index (χ0n) is 12.4. The minimum absolute atomic E-state index is 0.431. The molecule has 0 heterocycles. The lowest BCUT2D eigenvalue weighted by molar-refractivity contribution is 0.323. The zero-order chi connectivity index (χ0) is 14.0. The van der Waals surface area contributed by atoms with Crippen molar-refractivity contribution in [2.75, 3.05) is 21.3 Å². The van der Waals surface area contributed by atoms with Crippen LogP contribution in [0.4, 0.5) is 0 Å². The Morgan fingerprint density at radius 3 is 2.00 bits per heavy atom. The first-order valence-electron chi connectivity index (χ1n) is 6.54. The molecule has 106 valence electrons. The van der Waals surface area contributed by atoms with Crippen LogP contribution in [0, 0.1) is 5.41 Å². The molecule has 0 spiro atoms. The number of methoxy groups -OCH3 is 3. The number of rotatable bonds is 6. The maximum Gasteiger partial charge on any atom is 0.203 e. The van der Waals surface area contributed by atoms with Gasteiger partial charge in [0, 0.05) is 12.6 Å². The highest BCUT2D eigenvalue weighted by molar-refractivity contribution is 5.53. The van der Waals surface area contributed by atoms with Gasteiger partial charge < -0.3 is 19.5 Å². The second kappa shape index (κ2) is 5.29. The van der Waals surface area contributed by atoms with Gasteiger partial charge in [-0.2, -0.15) is 0 Å². The van der Waals surface area contributed by atoms with Crippen molar-refractivity contribution in [3.63, 3.8) is 0 Å². The zero-order valence-corrected chi connectivity index (χ0v) is 12.4. The number of ether oxygens (including phenoxy) is 3. The first-order chi connectivity index (χ1) is 9.01. The van der Waals surface area contributed by atoms with Gasteiger partial charge >= 0.3 is 0 Å². The lowest BCUT2D eigenvalue weighted by atomic mass is 10.1. The van der Waals surface area contributed by atoms with Crippen LogP contribution in [0.2, 0.25) is 0 Å². The summed E-state index contributed by atoms with van der Waals surface area (Å²) in [4.78, 5) is 0. The lowest BCUT2D eigenvalue weighted by Gasteiger charge is -2.14. The molecule has 0 radical (unpaired) electrons. The number of hydrogen-bond donors (Lipinski definition) is 1.